The van der Waals surface area contributed by atoms with Gasteiger partial charge in [-0.15, -0.1) is 0 Å². The number of hydrogen-bond donors (Lipinski definition) is 5. The standard InChI is InChI=1S/C28H41N7O4/c1-18(2)34(13-6-12-30-26(37)33-20-9-7-19(8-10-20)27(3,4)5)15-23-28(38,22(36)16-39-23)35-14-11-21-24(29)31-17-32-25(21)35/h7-11,14,17-18,22-23,36,38H,6,12-13,15-16H2,1-5H3,(H2,29,31,32)(H2,30,33,37)/t22-,23+,28-/m0/s1. The first-order chi connectivity index (χ1) is 18.4. The molecular weight excluding hydrogens is 498 g/mol. The summed E-state index contributed by atoms with van der Waals surface area (Å²) in [7, 11) is 0. The Kier molecular flexibility index (Phi) is 8.45. The van der Waals surface area contributed by atoms with Gasteiger partial charge in [0.2, 0.25) is 0 Å². The van der Waals surface area contributed by atoms with Gasteiger partial charge in [-0.05, 0) is 49.4 Å². The van der Waals surface area contributed by atoms with Crippen molar-refractivity contribution in [2.45, 2.75) is 70.4 Å². The molecular formula is C28H41N7O4. The number of nitrogens with two attached hydrogens (primary N) is 1. The molecule has 6 N–H and O–H groups in total. The number of fused-ring (bicyclic) bond motifs is 1. The third-order valence-corrected chi connectivity index (χ3v) is 7.36. The van der Waals surface area contributed by atoms with E-state index in [-0.39, 0.29) is 24.1 Å². The molecule has 1 aliphatic rings. The molecule has 11 heteroatoms. The second kappa shape index (κ2) is 11.5. The van der Waals surface area contributed by atoms with Crippen LogP contribution in [0, 0.1) is 0 Å². The summed E-state index contributed by atoms with van der Waals surface area (Å²) in [6.45, 7) is 12.1. The van der Waals surface area contributed by atoms with Crippen LogP contribution in [-0.2, 0) is 15.9 Å². The normalized spacial score (nSPS) is 21.7. The number of carbonyl (C=O) groups excluding carboxylic acids is 1. The van der Waals surface area contributed by atoms with Gasteiger partial charge in [0.15, 0.2) is 5.72 Å². The molecule has 11 nitrogen and oxygen atoms in total. The molecule has 1 aliphatic heterocycles. The molecule has 4 rings (SSSR count). The second-order valence-electron chi connectivity index (χ2n) is 11.5. The average molecular weight is 540 g/mol. The molecule has 0 saturated carbocycles. The Bertz CT molecular complexity index is 1270. The molecule has 1 saturated heterocycles. The number of hydrogen-bond acceptors (Lipinski definition) is 8. The third kappa shape index (κ3) is 6.17. The first kappa shape index (κ1) is 28.8. The van der Waals surface area contributed by atoms with Gasteiger partial charge in [0.1, 0.15) is 30.0 Å². The quantitative estimate of drug-likeness (QED) is 0.260. The molecule has 0 spiro atoms. The van der Waals surface area contributed by atoms with Crippen molar-refractivity contribution in [1.29, 1.82) is 0 Å². The lowest BCUT2D eigenvalue weighted by molar-refractivity contribution is -0.144. The number of rotatable bonds is 9. The first-order valence-electron chi connectivity index (χ1n) is 13.4. The van der Waals surface area contributed by atoms with E-state index in [0.29, 0.717) is 42.9 Å². The summed E-state index contributed by atoms with van der Waals surface area (Å²) in [5.41, 5.74) is 6.67. The maximum atomic E-state index is 12.4. The van der Waals surface area contributed by atoms with Crippen LogP contribution in [0.2, 0.25) is 0 Å². The van der Waals surface area contributed by atoms with Crippen molar-refractivity contribution in [3.63, 3.8) is 0 Å². The predicted octanol–water partition coefficient (Wildman–Crippen LogP) is 2.64. The molecule has 0 bridgehead atoms. The van der Waals surface area contributed by atoms with Crippen LogP contribution >= 0.6 is 0 Å². The van der Waals surface area contributed by atoms with Crippen LogP contribution in [-0.4, -0.2) is 80.2 Å². The van der Waals surface area contributed by atoms with Crippen molar-refractivity contribution < 1.29 is 19.7 Å². The Balaban J connectivity index is 1.34. The van der Waals surface area contributed by atoms with E-state index in [1.165, 1.54) is 16.5 Å². The van der Waals surface area contributed by atoms with Crippen LogP contribution in [0.15, 0.2) is 42.9 Å². The molecule has 39 heavy (non-hydrogen) atoms. The molecule has 3 atom stereocenters. The third-order valence-electron chi connectivity index (χ3n) is 7.36. The lowest BCUT2D eigenvalue weighted by Crippen LogP contribution is -2.54. The zero-order valence-corrected chi connectivity index (χ0v) is 23.4. The van der Waals surface area contributed by atoms with E-state index >= 15 is 0 Å². The fourth-order valence-electron chi connectivity index (χ4n) is 4.92. The number of urea groups is 1. The number of ether oxygens (including phenoxy) is 1. The number of aliphatic hydroxyl groups is 2. The Morgan fingerprint density at radius 2 is 1.97 bits per heavy atom. The lowest BCUT2D eigenvalue weighted by atomic mass is 9.87. The van der Waals surface area contributed by atoms with Gasteiger partial charge in [-0.2, -0.15) is 0 Å². The highest BCUT2D eigenvalue weighted by molar-refractivity contribution is 5.89. The lowest BCUT2D eigenvalue weighted by Gasteiger charge is -2.37. The Morgan fingerprint density at radius 1 is 1.26 bits per heavy atom. The molecule has 2 amide bonds. The topological polar surface area (TPSA) is 151 Å². The smallest absolute Gasteiger partial charge is 0.319 e. The summed E-state index contributed by atoms with van der Waals surface area (Å²) >= 11 is 0. The van der Waals surface area contributed by atoms with Crippen LogP contribution in [0.25, 0.3) is 11.0 Å². The number of amides is 2. The summed E-state index contributed by atoms with van der Waals surface area (Å²) in [4.78, 5) is 22.8. The number of aromatic nitrogens is 3. The van der Waals surface area contributed by atoms with Crippen molar-refractivity contribution in [1.82, 2.24) is 24.8 Å². The van der Waals surface area contributed by atoms with Gasteiger partial charge in [-0.1, -0.05) is 32.9 Å². The number of anilines is 2. The summed E-state index contributed by atoms with van der Waals surface area (Å²) < 4.78 is 7.42. The highest BCUT2D eigenvalue weighted by atomic mass is 16.5. The Labute approximate surface area is 229 Å². The zero-order valence-electron chi connectivity index (χ0n) is 23.4. The molecule has 1 aromatic carbocycles. The highest BCUT2D eigenvalue weighted by Crippen LogP contribution is 2.35. The molecule has 3 aromatic rings. The van der Waals surface area contributed by atoms with Gasteiger partial charge < -0.3 is 31.3 Å². The van der Waals surface area contributed by atoms with Gasteiger partial charge in [0.25, 0.3) is 0 Å². The van der Waals surface area contributed by atoms with Gasteiger partial charge in [-0.25, -0.2) is 14.8 Å². The van der Waals surface area contributed by atoms with Crippen LogP contribution < -0.4 is 16.4 Å². The summed E-state index contributed by atoms with van der Waals surface area (Å²) in [6.07, 6.45) is 1.82. The minimum Gasteiger partial charge on any atom is -0.386 e. The molecule has 3 heterocycles. The molecule has 2 aromatic heterocycles. The average Bonchev–Trinajstić information content (AvgIpc) is 3.43. The number of nitrogen functional groups attached to an aromatic ring is 1. The zero-order chi connectivity index (χ0) is 28.4. The van der Waals surface area contributed by atoms with Crippen molar-refractivity contribution >= 4 is 28.6 Å². The van der Waals surface area contributed by atoms with Crippen molar-refractivity contribution in [3.8, 4) is 0 Å². The highest BCUT2D eigenvalue weighted by Gasteiger charge is 2.52. The predicted molar refractivity (Wildman–Crippen MR) is 151 cm³/mol. The largest absolute Gasteiger partial charge is 0.386 e. The van der Waals surface area contributed by atoms with E-state index in [2.05, 4.69) is 60.1 Å². The molecule has 212 valence electrons. The van der Waals surface area contributed by atoms with Crippen molar-refractivity contribution in [3.05, 3.63) is 48.4 Å². The van der Waals surface area contributed by atoms with Crippen LogP contribution in [0.4, 0.5) is 16.3 Å². The fourth-order valence-corrected chi connectivity index (χ4v) is 4.92. The first-order valence-corrected chi connectivity index (χ1v) is 13.4. The maximum absolute atomic E-state index is 12.4. The van der Waals surface area contributed by atoms with E-state index in [1.807, 2.05) is 24.3 Å². The fraction of sp³-hybridized carbons (Fsp3) is 0.536. The van der Waals surface area contributed by atoms with E-state index in [4.69, 9.17) is 10.5 Å². The number of carbonyl (C=O) groups is 1. The number of nitrogens with one attached hydrogen (secondary N) is 2. The van der Waals surface area contributed by atoms with E-state index in [1.54, 1.807) is 12.3 Å². The van der Waals surface area contributed by atoms with E-state index in [0.717, 1.165) is 5.69 Å². The molecule has 0 unspecified atom stereocenters. The van der Waals surface area contributed by atoms with E-state index in [9.17, 15) is 15.0 Å². The van der Waals surface area contributed by atoms with Crippen LogP contribution in [0.5, 0.6) is 0 Å². The number of benzene rings is 1. The van der Waals surface area contributed by atoms with Gasteiger partial charge in [-0.3, -0.25) is 9.47 Å². The van der Waals surface area contributed by atoms with Gasteiger partial charge in [0.05, 0.1) is 12.0 Å². The minimum absolute atomic E-state index is 0.00814. The van der Waals surface area contributed by atoms with Crippen LogP contribution in [0.1, 0.15) is 46.6 Å². The van der Waals surface area contributed by atoms with Gasteiger partial charge in [0, 0.05) is 37.6 Å². The van der Waals surface area contributed by atoms with Crippen molar-refractivity contribution in [2.75, 3.05) is 37.3 Å². The molecule has 0 aliphatic carbocycles. The number of aliphatic hydroxyl groups excluding tert-OH is 1. The second-order valence-corrected chi connectivity index (χ2v) is 11.5. The monoisotopic (exact) mass is 539 g/mol. The molecule has 0 radical (unpaired) electrons. The van der Waals surface area contributed by atoms with Crippen LogP contribution in [0.3, 0.4) is 0 Å². The molecule has 1 fully saturated rings. The van der Waals surface area contributed by atoms with E-state index < -0.39 is 17.9 Å². The van der Waals surface area contributed by atoms with Gasteiger partial charge >= 0.3 is 6.03 Å². The summed E-state index contributed by atoms with van der Waals surface area (Å²) in [5, 5.41) is 28.9. The number of nitrogens with zero attached hydrogens (tertiary/aromatic N) is 4. The summed E-state index contributed by atoms with van der Waals surface area (Å²) in [6, 6.07) is 9.48. The van der Waals surface area contributed by atoms with Crippen molar-refractivity contribution in [2.24, 2.45) is 0 Å². The Morgan fingerprint density at radius 3 is 2.64 bits per heavy atom. The Hall–Kier alpha value is -3.25. The minimum atomic E-state index is -1.73. The summed E-state index contributed by atoms with van der Waals surface area (Å²) in [5.74, 6) is 0.301. The maximum Gasteiger partial charge on any atom is 0.319 e. The SMILES string of the molecule is CC(C)N(CCCNC(=O)Nc1ccc(C(C)(C)C)cc1)C[C@H]1OC[C@H](O)[C@@]1(O)n1ccc2c(N)ncnc21.